The van der Waals surface area contributed by atoms with Crippen LogP contribution in [0.4, 0.5) is 17.1 Å². The van der Waals surface area contributed by atoms with Crippen molar-refractivity contribution in [2.45, 2.75) is 0 Å². The van der Waals surface area contributed by atoms with E-state index in [0.29, 0.717) is 0 Å². The van der Waals surface area contributed by atoms with E-state index in [1.54, 1.807) is 0 Å². The number of anilines is 3. The van der Waals surface area contributed by atoms with E-state index >= 15 is 0 Å². The van der Waals surface area contributed by atoms with E-state index in [1.165, 1.54) is 77.2 Å². The molecule has 11 aromatic carbocycles. The molecular formula is C62H43N. The van der Waals surface area contributed by atoms with Gasteiger partial charge in [0.25, 0.3) is 0 Å². The number of hydrogen-bond acceptors (Lipinski definition) is 1. The number of rotatable bonds is 9. The van der Waals surface area contributed by atoms with Gasteiger partial charge >= 0.3 is 0 Å². The second kappa shape index (κ2) is 16.7. The lowest BCUT2D eigenvalue weighted by Crippen LogP contribution is -2.11. The fourth-order valence-corrected chi connectivity index (χ4v) is 9.09. The van der Waals surface area contributed by atoms with Gasteiger partial charge in [0.15, 0.2) is 0 Å². The molecule has 0 radical (unpaired) electrons. The number of benzene rings is 11. The van der Waals surface area contributed by atoms with Crippen LogP contribution in [0.1, 0.15) is 0 Å². The molecule has 0 unspecified atom stereocenters. The fourth-order valence-electron chi connectivity index (χ4n) is 9.09. The Morgan fingerprint density at radius 2 is 0.635 bits per heavy atom. The first-order valence-corrected chi connectivity index (χ1v) is 21.7. The summed E-state index contributed by atoms with van der Waals surface area (Å²) in [7, 11) is 0. The van der Waals surface area contributed by atoms with E-state index in [-0.39, 0.29) is 0 Å². The lowest BCUT2D eigenvalue weighted by molar-refractivity contribution is 1.28. The summed E-state index contributed by atoms with van der Waals surface area (Å²) in [5.41, 5.74) is 17.4. The minimum atomic E-state index is 1.08. The summed E-state index contributed by atoms with van der Waals surface area (Å²) in [6, 6.07) is 94.9. The quantitative estimate of drug-likeness (QED) is 0.141. The fraction of sp³-hybridized carbons (Fsp3) is 0. The van der Waals surface area contributed by atoms with E-state index < -0.39 is 0 Å². The van der Waals surface area contributed by atoms with Crippen molar-refractivity contribution in [1.29, 1.82) is 0 Å². The van der Waals surface area contributed by atoms with Crippen LogP contribution in [0, 0.1) is 0 Å². The van der Waals surface area contributed by atoms with Crippen LogP contribution in [0.3, 0.4) is 0 Å². The standard InChI is InChI=1S/C62H43N/c1-3-16-44(17-4-1)54-36-39-59(61(43-54)58-27-12-11-26-57(58)48-20-5-2-6-21-48)60-28-13-14-29-62(60)63(55-37-34-47(35-38-55)52-32-30-45-18-7-9-22-49(45)40-52)56-25-15-24-51(42-56)53-33-31-46-19-8-10-23-50(46)41-53/h1-43H. The van der Waals surface area contributed by atoms with Crippen molar-refractivity contribution in [3.8, 4) is 66.8 Å². The Morgan fingerprint density at radius 1 is 0.190 bits per heavy atom. The van der Waals surface area contributed by atoms with Gasteiger partial charge in [-0.05, 0) is 131 Å². The Bertz CT molecular complexity index is 3380. The van der Waals surface area contributed by atoms with Crippen LogP contribution in [0.2, 0.25) is 0 Å². The smallest absolute Gasteiger partial charge is 0.0540 e. The molecular weight excluding hydrogens is 759 g/mol. The minimum absolute atomic E-state index is 1.08. The van der Waals surface area contributed by atoms with Crippen LogP contribution in [-0.4, -0.2) is 0 Å². The maximum atomic E-state index is 2.43. The molecule has 0 atom stereocenters. The summed E-state index contributed by atoms with van der Waals surface area (Å²) >= 11 is 0. The molecule has 0 N–H and O–H groups in total. The first-order chi connectivity index (χ1) is 31.2. The van der Waals surface area contributed by atoms with Gasteiger partial charge in [-0.15, -0.1) is 0 Å². The van der Waals surface area contributed by atoms with Crippen LogP contribution >= 0.6 is 0 Å². The molecule has 0 heterocycles. The van der Waals surface area contributed by atoms with Gasteiger partial charge in [0, 0.05) is 16.9 Å². The van der Waals surface area contributed by atoms with Crippen LogP contribution in [-0.2, 0) is 0 Å². The predicted octanol–water partition coefficient (Wildman–Crippen LogP) is 17.5. The third-order valence-electron chi connectivity index (χ3n) is 12.3. The van der Waals surface area contributed by atoms with Gasteiger partial charge in [0.1, 0.15) is 0 Å². The van der Waals surface area contributed by atoms with Gasteiger partial charge in [-0.25, -0.2) is 0 Å². The van der Waals surface area contributed by atoms with Gasteiger partial charge in [-0.3, -0.25) is 0 Å². The maximum absolute atomic E-state index is 2.43. The summed E-state index contributed by atoms with van der Waals surface area (Å²) in [6.07, 6.45) is 0. The molecule has 0 saturated heterocycles. The molecule has 1 heteroatoms. The zero-order chi connectivity index (χ0) is 42.0. The molecule has 296 valence electrons. The zero-order valence-corrected chi connectivity index (χ0v) is 34.8. The highest BCUT2D eigenvalue weighted by Gasteiger charge is 2.21. The first-order valence-electron chi connectivity index (χ1n) is 21.7. The predicted molar refractivity (Wildman–Crippen MR) is 269 cm³/mol. The molecule has 0 spiro atoms. The topological polar surface area (TPSA) is 3.24 Å². The summed E-state index contributed by atoms with van der Waals surface area (Å²) in [4.78, 5) is 2.43. The normalized spacial score (nSPS) is 11.2. The Hall–Kier alpha value is -8.26. The van der Waals surface area contributed by atoms with Gasteiger partial charge in [0.2, 0.25) is 0 Å². The van der Waals surface area contributed by atoms with E-state index in [4.69, 9.17) is 0 Å². The van der Waals surface area contributed by atoms with Crippen molar-refractivity contribution >= 4 is 38.6 Å². The Kier molecular flexibility index (Phi) is 9.97. The summed E-state index contributed by atoms with van der Waals surface area (Å²) in [6.45, 7) is 0. The lowest BCUT2D eigenvalue weighted by atomic mass is 9.86. The van der Waals surface area contributed by atoms with E-state index in [0.717, 1.165) is 28.2 Å². The molecule has 11 aromatic rings. The molecule has 0 aliphatic rings. The second-order valence-corrected chi connectivity index (χ2v) is 16.1. The number of para-hydroxylation sites is 1. The van der Waals surface area contributed by atoms with Crippen molar-refractivity contribution in [1.82, 2.24) is 0 Å². The Balaban J connectivity index is 1.10. The summed E-state index contributed by atoms with van der Waals surface area (Å²) in [5.74, 6) is 0. The number of hydrogen-bond donors (Lipinski definition) is 0. The Labute approximate surface area is 369 Å². The summed E-state index contributed by atoms with van der Waals surface area (Å²) in [5, 5.41) is 4.95. The van der Waals surface area contributed by atoms with E-state index in [2.05, 4.69) is 266 Å². The van der Waals surface area contributed by atoms with Gasteiger partial charge in [-0.1, -0.05) is 212 Å². The van der Waals surface area contributed by atoms with Crippen LogP contribution in [0.15, 0.2) is 261 Å². The monoisotopic (exact) mass is 801 g/mol. The van der Waals surface area contributed by atoms with Gasteiger partial charge < -0.3 is 4.90 Å². The average Bonchev–Trinajstić information content (AvgIpc) is 3.37. The second-order valence-electron chi connectivity index (χ2n) is 16.1. The van der Waals surface area contributed by atoms with Crippen molar-refractivity contribution < 1.29 is 0 Å². The molecule has 0 saturated carbocycles. The van der Waals surface area contributed by atoms with Crippen molar-refractivity contribution in [2.75, 3.05) is 4.90 Å². The van der Waals surface area contributed by atoms with Crippen molar-refractivity contribution in [3.05, 3.63) is 261 Å². The van der Waals surface area contributed by atoms with Crippen molar-refractivity contribution in [2.24, 2.45) is 0 Å². The average molecular weight is 802 g/mol. The van der Waals surface area contributed by atoms with Crippen molar-refractivity contribution in [3.63, 3.8) is 0 Å². The highest BCUT2D eigenvalue weighted by atomic mass is 15.1. The first kappa shape index (κ1) is 37.7. The third kappa shape index (κ3) is 7.47. The lowest BCUT2D eigenvalue weighted by Gasteiger charge is -2.29. The minimum Gasteiger partial charge on any atom is -0.310 e. The van der Waals surface area contributed by atoms with Gasteiger partial charge in [0.05, 0.1) is 5.69 Å². The van der Waals surface area contributed by atoms with Gasteiger partial charge in [-0.2, -0.15) is 0 Å². The molecule has 0 aliphatic carbocycles. The number of nitrogens with zero attached hydrogens (tertiary/aromatic N) is 1. The van der Waals surface area contributed by atoms with Crippen LogP contribution < -0.4 is 4.90 Å². The molecule has 63 heavy (non-hydrogen) atoms. The van der Waals surface area contributed by atoms with E-state index in [1.807, 2.05) is 0 Å². The molecule has 0 aromatic heterocycles. The van der Waals surface area contributed by atoms with Crippen LogP contribution in [0.25, 0.3) is 88.3 Å². The largest absolute Gasteiger partial charge is 0.310 e. The molecule has 0 aliphatic heterocycles. The maximum Gasteiger partial charge on any atom is 0.0540 e. The molecule has 1 nitrogen and oxygen atoms in total. The third-order valence-corrected chi connectivity index (χ3v) is 12.3. The summed E-state index contributed by atoms with van der Waals surface area (Å²) < 4.78 is 0. The highest BCUT2D eigenvalue weighted by Crippen LogP contribution is 2.47. The SMILES string of the molecule is c1ccc(-c2ccc(-c3ccccc3N(c3ccc(-c4ccc5ccccc5c4)cc3)c3cccc(-c4ccc5ccccc5c4)c3)c(-c3ccccc3-c3ccccc3)c2)cc1. The molecule has 0 amide bonds. The Morgan fingerprint density at radius 3 is 1.32 bits per heavy atom. The van der Waals surface area contributed by atoms with Crippen LogP contribution in [0.5, 0.6) is 0 Å². The highest BCUT2D eigenvalue weighted by molar-refractivity contribution is 5.99. The molecule has 11 rings (SSSR count). The zero-order valence-electron chi connectivity index (χ0n) is 34.8. The van der Waals surface area contributed by atoms with E-state index in [9.17, 15) is 0 Å². The molecule has 0 fully saturated rings. The molecule has 0 bridgehead atoms. The number of fused-ring (bicyclic) bond motifs is 2.